The lowest BCUT2D eigenvalue weighted by molar-refractivity contribution is 0.285. The van der Waals surface area contributed by atoms with E-state index in [1.54, 1.807) is 4.68 Å². The summed E-state index contributed by atoms with van der Waals surface area (Å²) >= 11 is 0. The van der Waals surface area contributed by atoms with Gasteiger partial charge in [-0.1, -0.05) is 34.6 Å². The molecule has 0 saturated heterocycles. The molecule has 2 rings (SSSR count). The first-order valence-electron chi connectivity index (χ1n) is 7.47. The maximum Gasteiger partial charge on any atom is 0.114 e. The minimum Gasteiger partial charge on any atom is -0.272 e. The van der Waals surface area contributed by atoms with E-state index >= 15 is 0 Å². The Hall–Kier alpha value is -1.76. The molecule has 2 aromatic heterocycles. The zero-order chi connectivity index (χ0) is 15.7. The van der Waals surface area contributed by atoms with E-state index in [1.165, 1.54) is 5.56 Å². The van der Waals surface area contributed by atoms with Crippen LogP contribution in [-0.4, -0.2) is 19.6 Å². The minimum absolute atomic E-state index is 0.0870. The minimum atomic E-state index is 0.0870. The van der Waals surface area contributed by atoms with Crippen LogP contribution in [0.2, 0.25) is 0 Å². The maximum absolute atomic E-state index is 4.51. The zero-order valence-corrected chi connectivity index (χ0v) is 14.1. The fraction of sp³-hybridized carbons (Fsp3) is 0.647. The summed E-state index contributed by atoms with van der Waals surface area (Å²) in [6.45, 7) is 12.1. The van der Waals surface area contributed by atoms with Gasteiger partial charge in [0.05, 0.1) is 6.20 Å². The highest BCUT2D eigenvalue weighted by molar-refractivity contribution is 5.06. The van der Waals surface area contributed by atoms with Crippen LogP contribution in [0.3, 0.4) is 0 Å². The van der Waals surface area contributed by atoms with Crippen molar-refractivity contribution in [2.45, 2.75) is 54.0 Å². The molecule has 0 atom stereocenters. The van der Waals surface area contributed by atoms with Crippen LogP contribution in [0.4, 0.5) is 0 Å². The van der Waals surface area contributed by atoms with Gasteiger partial charge >= 0.3 is 0 Å². The SMILES string of the molecule is Cn1c#cc(CC(C)(C)Cn2cc(CC(C)(C)C)cn2)n1. The van der Waals surface area contributed by atoms with Gasteiger partial charge < -0.3 is 0 Å². The van der Waals surface area contributed by atoms with Crippen LogP contribution >= 0.6 is 0 Å². The van der Waals surface area contributed by atoms with Gasteiger partial charge in [-0.3, -0.25) is 4.68 Å². The van der Waals surface area contributed by atoms with Crippen molar-refractivity contribution in [1.82, 2.24) is 19.6 Å². The molecule has 21 heavy (non-hydrogen) atoms. The Morgan fingerprint density at radius 1 is 1.14 bits per heavy atom. The smallest absolute Gasteiger partial charge is 0.114 e. The molecule has 0 spiro atoms. The van der Waals surface area contributed by atoms with Gasteiger partial charge in [-0.05, 0) is 28.9 Å². The summed E-state index contributed by atoms with van der Waals surface area (Å²) in [5, 5.41) is 8.87. The standard InChI is InChI=1S/C17H26N4/c1-16(2,3)9-14-11-18-21(12-14)13-17(4,5)10-15-7-8-20(6)19-15/h11-12H,9-10,13H2,1-6H3. The van der Waals surface area contributed by atoms with Gasteiger partial charge in [0.1, 0.15) is 5.69 Å². The van der Waals surface area contributed by atoms with Gasteiger partial charge in [-0.15, -0.1) is 0 Å². The molecule has 0 aliphatic heterocycles. The maximum atomic E-state index is 4.51. The highest BCUT2D eigenvalue weighted by Crippen LogP contribution is 2.24. The molecule has 0 amide bonds. The second kappa shape index (κ2) is 5.55. The fourth-order valence-electron chi connectivity index (χ4n) is 2.60. The molecule has 0 radical (unpaired) electrons. The summed E-state index contributed by atoms with van der Waals surface area (Å²) in [4.78, 5) is 0. The van der Waals surface area contributed by atoms with Gasteiger partial charge in [0, 0.05) is 32.4 Å². The van der Waals surface area contributed by atoms with Crippen LogP contribution in [0.1, 0.15) is 45.9 Å². The molecule has 0 bridgehead atoms. The number of nitrogens with zero attached hydrogens (tertiary/aromatic N) is 4. The van der Waals surface area contributed by atoms with Gasteiger partial charge in [0.15, 0.2) is 0 Å². The first-order chi connectivity index (χ1) is 9.63. The van der Waals surface area contributed by atoms with Gasteiger partial charge in [0.25, 0.3) is 0 Å². The molecule has 4 nitrogen and oxygen atoms in total. The molecular weight excluding hydrogens is 260 g/mol. The predicted molar refractivity (Wildman–Crippen MR) is 83.8 cm³/mol. The van der Waals surface area contributed by atoms with Crippen molar-refractivity contribution in [2.24, 2.45) is 17.9 Å². The molecule has 0 aliphatic carbocycles. The van der Waals surface area contributed by atoms with Crippen molar-refractivity contribution < 1.29 is 0 Å². The van der Waals surface area contributed by atoms with Crippen molar-refractivity contribution in [2.75, 3.05) is 0 Å². The first kappa shape index (κ1) is 15.6. The monoisotopic (exact) mass is 286 g/mol. The predicted octanol–water partition coefficient (Wildman–Crippen LogP) is 3.07. The highest BCUT2D eigenvalue weighted by atomic mass is 15.3. The van der Waals surface area contributed by atoms with E-state index < -0.39 is 0 Å². The summed E-state index contributed by atoms with van der Waals surface area (Å²) in [6.07, 6.45) is 9.02. The zero-order valence-electron chi connectivity index (χ0n) is 14.1. The fourth-order valence-corrected chi connectivity index (χ4v) is 2.60. The highest BCUT2D eigenvalue weighted by Gasteiger charge is 2.22. The lowest BCUT2D eigenvalue weighted by Crippen LogP contribution is -2.23. The van der Waals surface area contributed by atoms with Crippen molar-refractivity contribution in [3.8, 4) is 0 Å². The summed E-state index contributed by atoms with van der Waals surface area (Å²) in [5.74, 6) is 0. The van der Waals surface area contributed by atoms with Crippen LogP contribution in [-0.2, 0) is 26.4 Å². The summed E-state index contributed by atoms with van der Waals surface area (Å²) in [5.41, 5.74) is 2.65. The molecule has 0 fully saturated rings. The summed E-state index contributed by atoms with van der Waals surface area (Å²) in [7, 11) is 1.87. The molecule has 114 valence electrons. The summed E-state index contributed by atoms with van der Waals surface area (Å²) in [6, 6.07) is 3.08. The molecule has 0 saturated carbocycles. The van der Waals surface area contributed by atoms with E-state index in [2.05, 4.69) is 63.3 Å². The van der Waals surface area contributed by atoms with Crippen molar-refractivity contribution in [3.63, 3.8) is 0 Å². The second-order valence-corrected chi connectivity index (χ2v) is 7.93. The Labute approximate surface area is 128 Å². The van der Waals surface area contributed by atoms with Gasteiger partial charge in [0.2, 0.25) is 0 Å². The lowest BCUT2D eigenvalue weighted by Gasteiger charge is -2.23. The molecule has 0 aromatic carbocycles. The van der Waals surface area contributed by atoms with Crippen molar-refractivity contribution in [1.29, 1.82) is 0 Å². The van der Waals surface area contributed by atoms with Crippen LogP contribution in [0.15, 0.2) is 12.4 Å². The average molecular weight is 286 g/mol. The van der Waals surface area contributed by atoms with E-state index in [4.69, 9.17) is 0 Å². The van der Waals surface area contributed by atoms with E-state index in [-0.39, 0.29) is 5.41 Å². The van der Waals surface area contributed by atoms with E-state index in [1.807, 2.05) is 17.9 Å². The van der Waals surface area contributed by atoms with Crippen LogP contribution in [0.5, 0.6) is 0 Å². The molecule has 2 aromatic rings. The Bertz CT molecular complexity index is 584. The first-order valence-corrected chi connectivity index (χ1v) is 7.47. The Morgan fingerprint density at radius 2 is 1.86 bits per heavy atom. The normalized spacial score (nSPS) is 12.5. The Balaban J connectivity index is 1.99. The number of aryl methyl sites for hydroxylation is 1. The largest absolute Gasteiger partial charge is 0.272 e. The Morgan fingerprint density at radius 3 is 2.43 bits per heavy atom. The van der Waals surface area contributed by atoms with E-state index in [9.17, 15) is 0 Å². The average Bonchev–Trinajstić information content (AvgIpc) is 2.85. The molecule has 0 unspecified atom stereocenters. The van der Waals surface area contributed by atoms with Crippen LogP contribution < -0.4 is 0 Å². The molecule has 4 heteroatoms. The van der Waals surface area contributed by atoms with Crippen molar-refractivity contribution >= 4 is 0 Å². The molecule has 0 aliphatic rings. The number of hydrogen-bond acceptors (Lipinski definition) is 2. The molecule has 2 heterocycles. The number of hydrogen-bond donors (Lipinski definition) is 0. The number of rotatable bonds is 5. The molecular formula is C17H26N4. The van der Waals surface area contributed by atoms with Crippen LogP contribution in [0, 0.1) is 23.1 Å². The number of aromatic nitrogens is 4. The van der Waals surface area contributed by atoms with Gasteiger partial charge in [-0.25, -0.2) is 4.68 Å². The lowest BCUT2D eigenvalue weighted by atomic mass is 9.88. The third-order valence-electron chi connectivity index (χ3n) is 3.29. The van der Waals surface area contributed by atoms with E-state index in [0.717, 1.165) is 25.1 Å². The Kier molecular flexibility index (Phi) is 4.13. The van der Waals surface area contributed by atoms with Gasteiger partial charge in [-0.2, -0.15) is 10.2 Å². The van der Waals surface area contributed by atoms with Crippen LogP contribution in [0.25, 0.3) is 0 Å². The third-order valence-corrected chi connectivity index (χ3v) is 3.29. The second-order valence-electron chi connectivity index (χ2n) is 7.93. The summed E-state index contributed by atoms with van der Waals surface area (Å²) < 4.78 is 3.73. The quantitative estimate of drug-likeness (QED) is 0.847. The topological polar surface area (TPSA) is 35.6 Å². The van der Waals surface area contributed by atoms with Crippen molar-refractivity contribution in [3.05, 3.63) is 35.9 Å². The molecule has 0 N–H and O–H groups in total. The third kappa shape index (κ3) is 4.93. The van der Waals surface area contributed by atoms with E-state index in [0.29, 0.717) is 5.41 Å².